The summed E-state index contributed by atoms with van der Waals surface area (Å²) >= 11 is 0. The monoisotopic (exact) mass is 949 g/mol. The van der Waals surface area contributed by atoms with E-state index in [1.807, 2.05) is 20.1 Å². The van der Waals surface area contributed by atoms with Crippen molar-refractivity contribution in [2.45, 2.75) is 233 Å². The van der Waals surface area contributed by atoms with E-state index in [4.69, 9.17) is 27.5 Å². The summed E-state index contributed by atoms with van der Waals surface area (Å²) in [6.07, 6.45) is 19.1. The number of carbonyl (C=O) groups excluding carboxylic acids is 2. The van der Waals surface area contributed by atoms with Crippen molar-refractivity contribution < 1.29 is 37.1 Å². The molecule has 0 aromatic rings. The van der Waals surface area contributed by atoms with E-state index in [9.17, 15) is 9.59 Å². The van der Waals surface area contributed by atoms with Crippen LogP contribution in [0.5, 0.6) is 0 Å². The minimum Gasteiger partial charge on any atom is -0.458 e. The Kier molecular flexibility index (Phi) is 29.9. The Balaban J connectivity index is 3.92. The smallest absolute Gasteiger partial charge is 0.331 e. The Morgan fingerprint density at radius 3 is 1.81 bits per heavy atom. The highest BCUT2D eigenvalue weighted by Gasteiger charge is 2.42. The molecule has 0 radical (unpaired) electrons. The number of carbonyl (C=O) groups is 2. The zero-order chi connectivity index (χ0) is 48.5. The largest absolute Gasteiger partial charge is 0.458 e. The van der Waals surface area contributed by atoms with Crippen molar-refractivity contribution in [1.29, 1.82) is 0 Å². The van der Waals surface area contributed by atoms with Gasteiger partial charge in [0.2, 0.25) is 0 Å². The number of ether oxygens (including phenoxy) is 3. The second-order valence-electron chi connectivity index (χ2n) is 19.5. The third-order valence-corrected chi connectivity index (χ3v) is 29.7. The fraction of sp³-hybridized carbons (Fsp3) is 0.811. The van der Waals surface area contributed by atoms with Crippen molar-refractivity contribution in [2.75, 3.05) is 14.2 Å². The Labute approximate surface area is 397 Å². The van der Waals surface area contributed by atoms with Gasteiger partial charge in [-0.1, -0.05) is 133 Å². The Bertz CT molecular complexity index is 1380. The Hall–Kier alpha value is -1.45. The van der Waals surface area contributed by atoms with Crippen molar-refractivity contribution in [2.24, 2.45) is 29.6 Å². The zero-order valence-corrected chi connectivity index (χ0v) is 47.3. The van der Waals surface area contributed by atoms with Gasteiger partial charge in [-0.15, -0.1) is 0 Å². The van der Waals surface area contributed by atoms with Crippen LogP contribution >= 0.6 is 0 Å². The number of esters is 1. The molecule has 11 heteroatoms. The molecule has 0 unspecified atom stereocenters. The molecule has 0 spiro atoms. The predicted molar refractivity (Wildman–Crippen MR) is 278 cm³/mol. The topological polar surface area (TPSA) is 89.5 Å². The van der Waals surface area contributed by atoms with Gasteiger partial charge < -0.3 is 32.3 Å². The standard InChI is InChI=1S/C53H100O8Si3/c1-18-62(19-2,20-3)59-50-32-28-27-29-34-51(55)58-49(45(14)53(44(13)40-54)61-64(24-7,25-8)26-9)33-30-31-47(56-16)39-41(10)35-36-42(11)48(57-17)38-37-43(12)52(46(50)15)60-63(21-4,22-5)23-6/h27-31,34,36,40-41,43-50,52-53H,18-26,32-33,35,37-39H2,1-17H3/b28-27+,31-30+,34-29+,42-36+/t41-,43-,44+,45-,46-,47+,48+,49+,50-,52-,53+/m1/s1. The summed E-state index contributed by atoms with van der Waals surface area (Å²) in [5.41, 5.74) is 1.27. The van der Waals surface area contributed by atoms with Crippen molar-refractivity contribution in [3.63, 3.8) is 0 Å². The van der Waals surface area contributed by atoms with Crippen LogP contribution in [0, 0.1) is 29.6 Å². The van der Waals surface area contributed by atoms with Crippen LogP contribution in [0.1, 0.15) is 142 Å². The highest BCUT2D eigenvalue weighted by molar-refractivity contribution is 6.74. The van der Waals surface area contributed by atoms with E-state index in [0.29, 0.717) is 18.3 Å². The molecule has 0 saturated heterocycles. The number of hydrogen-bond acceptors (Lipinski definition) is 8. The fourth-order valence-corrected chi connectivity index (χ4v) is 18.9. The van der Waals surface area contributed by atoms with E-state index < -0.39 is 37.0 Å². The number of methoxy groups -OCH3 is 2. The molecule has 0 aromatic heterocycles. The molecule has 8 nitrogen and oxygen atoms in total. The minimum atomic E-state index is -2.09. The van der Waals surface area contributed by atoms with Crippen LogP contribution in [-0.2, 0) is 37.1 Å². The lowest BCUT2D eigenvalue weighted by atomic mass is 9.84. The molecule has 0 aromatic carbocycles. The van der Waals surface area contributed by atoms with Gasteiger partial charge in [0.15, 0.2) is 25.0 Å². The van der Waals surface area contributed by atoms with E-state index >= 15 is 0 Å². The van der Waals surface area contributed by atoms with Gasteiger partial charge in [-0.05, 0) is 111 Å². The number of hydrogen-bond donors (Lipinski definition) is 0. The molecule has 11 atom stereocenters. The molecular formula is C53H100O8Si3. The normalized spacial score (nSPS) is 29.6. The molecule has 0 bridgehead atoms. The number of allylic oxidation sites excluding steroid dienone is 3. The first-order valence-electron chi connectivity index (χ1n) is 25.9. The van der Waals surface area contributed by atoms with Crippen LogP contribution < -0.4 is 0 Å². The second-order valence-corrected chi connectivity index (χ2v) is 33.7. The van der Waals surface area contributed by atoms with Gasteiger partial charge in [-0.2, -0.15) is 0 Å². The molecule has 1 heterocycles. The van der Waals surface area contributed by atoms with E-state index in [0.717, 1.165) is 92.8 Å². The molecular weight excluding hydrogens is 849 g/mol. The van der Waals surface area contributed by atoms with Gasteiger partial charge in [-0.3, -0.25) is 0 Å². The van der Waals surface area contributed by atoms with Crippen LogP contribution in [-0.4, -0.2) is 88.1 Å². The minimum absolute atomic E-state index is 0.0190. The maximum absolute atomic E-state index is 13.7. The third-order valence-electron chi connectivity index (χ3n) is 15.8. The van der Waals surface area contributed by atoms with Crippen LogP contribution in [0.15, 0.2) is 48.1 Å². The van der Waals surface area contributed by atoms with Gasteiger partial charge in [0.25, 0.3) is 0 Å². The van der Waals surface area contributed by atoms with E-state index in [-0.39, 0.29) is 48.3 Å². The van der Waals surface area contributed by atoms with Gasteiger partial charge in [-0.25, -0.2) is 4.79 Å². The van der Waals surface area contributed by atoms with Gasteiger partial charge in [0.1, 0.15) is 12.4 Å². The average Bonchev–Trinajstić information content (AvgIpc) is 3.31. The van der Waals surface area contributed by atoms with Crippen molar-refractivity contribution in [3.8, 4) is 0 Å². The van der Waals surface area contributed by atoms with Crippen molar-refractivity contribution >= 4 is 37.2 Å². The molecule has 0 fully saturated rings. The molecule has 0 amide bonds. The summed E-state index contributed by atoms with van der Waals surface area (Å²) in [5.74, 6) is -0.133. The molecule has 0 N–H and O–H groups in total. The highest BCUT2D eigenvalue weighted by atomic mass is 28.4. The van der Waals surface area contributed by atoms with Crippen molar-refractivity contribution in [3.05, 3.63) is 48.1 Å². The second kappa shape index (κ2) is 31.6. The molecule has 0 aliphatic carbocycles. The van der Waals surface area contributed by atoms with Crippen LogP contribution in [0.25, 0.3) is 0 Å². The quantitative estimate of drug-likeness (QED) is 0.0486. The summed E-state index contributed by atoms with van der Waals surface area (Å²) < 4.78 is 40.5. The Morgan fingerprint density at radius 2 is 1.30 bits per heavy atom. The van der Waals surface area contributed by atoms with E-state index in [1.165, 1.54) is 11.6 Å². The first-order valence-corrected chi connectivity index (χ1v) is 33.5. The lowest BCUT2D eigenvalue weighted by Crippen LogP contribution is -2.50. The fourth-order valence-electron chi connectivity index (χ4n) is 9.93. The lowest BCUT2D eigenvalue weighted by molar-refractivity contribution is -0.148. The molecule has 1 aliphatic heterocycles. The van der Waals surface area contributed by atoms with E-state index in [2.05, 4.69) is 121 Å². The van der Waals surface area contributed by atoms with Gasteiger partial charge in [0.05, 0.1) is 30.5 Å². The maximum Gasteiger partial charge on any atom is 0.331 e. The van der Waals surface area contributed by atoms with Crippen LogP contribution in [0.4, 0.5) is 0 Å². The Morgan fingerprint density at radius 1 is 0.734 bits per heavy atom. The SMILES string of the molecule is CC[Si](CC)(CC)O[C@H]([C@H](C)[C@@H]1C/C=C/[C@H](OC)C[C@H](C)C/C=C(\C)[C@@H](OC)CC[C@@H](C)[C@@H](O[Si](CC)(CC)CC)[C@H](C)[C@H](O[Si](CC)(CC)CC)C/C=C/C=C/C(=O)O1)[C@@H](C)C=O. The van der Waals surface area contributed by atoms with Gasteiger partial charge >= 0.3 is 5.97 Å². The molecule has 372 valence electrons. The molecule has 1 aliphatic rings. The van der Waals surface area contributed by atoms with Gasteiger partial charge in [0, 0.05) is 44.5 Å². The van der Waals surface area contributed by atoms with Crippen LogP contribution in [0.3, 0.4) is 0 Å². The highest BCUT2D eigenvalue weighted by Crippen LogP contribution is 2.37. The van der Waals surface area contributed by atoms with Crippen molar-refractivity contribution in [1.82, 2.24) is 0 Å². The molecule has 0 saturated carbocycles. The summed E-state index contributed by atoms with van der Waals surface area (Å²) in [6, 6.07) is 9.44. The first-order chi connectivity index (χ1) is 30.5. The molecule has 64 heavy (non-hydrogen) atoms. The summed E-state index contributed by atoms with van der Waals surface area (Å²) in [4.78, 5) is 26.1. The predicted octanol–water partition coefficient (Wildman–Crippen LogP) is 14.4. The number of aldehydes is 1. The molecule has 1 rings (SSSR count). The summed E-state index contributed by atoms with van der Waals surface area (Å²) in [5, 5.41) is 0. The van der Waals surface area contributed by atoms with Crippen LogP contribution in [0.2, 0.25) is 54.4 Å². The zero-order valence-electron chi connectivity index (χ0n) is 44.3. The average molecular weight is 950 g/mol. The maximum atomic E-state index is 13.7. The van der Waals surface area contributed by atoms with E-state index in [1.54, 1.807) is 13.2 Å². The summed E-state index contributed by atoms with van der Waals surface area (Å²) in [6.45, 7) is 33.8. The summed E-state index contributed by atoms with van der Waals surface area (Å²) in [7, 11) is -2.46. The first kappa shape index (κ1) is 60.6. The third kappa shape index (κ3) is 18.9. The number of cyclic esters (lactones) is 1. The lowest BCUT2D eigenvalue weighted by Gasteiger charge is -2.44. The number of rotatable bonds is 21.